The van der Waals surface area contributed by atoms with Gasteiger partial charge in [0.15, 0.2) is 0 Å². The highest BCUT2D eigenvalue weighted by Gasteiger charge is 2.22. The summed E-state index contributed by atoms with van der Waals surface area (Å²) in [6, 6.07) is 122. The van der Waals surface area contributed by atoms with Crippen LogP contribution in [0.3, 0.4) is 0 Å². The summed E-state index contributed by atoms with van der Waals surface area (Å²) in [7, 11) is 0. The molecule has 0 unspecified atom stereocenters. The number of aromatic nitrogens is 4. The monoisotopic (exact) mass is 1250 g/mol. The molecule has 96 heavy (non-hydrogen) atoms. The summed E-state index contributed by atoms with van der Waals surface area (Å²) < 4.78 is 15.1. The first-order valence-corrected chi connectivity index (χ1v) is 34.5. The first-order valence-electron chi connectivity index (χ1n) is 32.9. The van der Waals surface area contributed by atoms with Crippen LogP contribution in [0.25, 0.3) is 195 Å². The van der Waals surface area contributed by atoms with E-state index >= 15 is 0 Å². The maximum absolute atomic E-state index is 2.48. The number of rotatable bonds is 8. The van der Waals surface area contributed by atoms with E-state index in [0.717, 1.165) is 17.1 Å². The Labute approximate surface area is 559 Å². The summed E-state index contributed by atoms with van der Waals surface area (Å²) in [5.74, 6) is 0. The third-order valence-corrected chi connectivity index (χ3v) is 22.8. The Morgan fingerprint density at radius 2 is 0.562 bits per heavy atom. The van der Waals surface area contributed by atoms with E-state index in [2.05, 4.69) is 346 Å². The summed E-state index contributed by atoms with van der Waals surface area (Å²) in [5.41, 5.74) is 23.6. The second-order valence-electron chi connectivity index (χ2n) is 25.5. The normalized spacial score (nSPS) is 12.2. The molecular formula is C90H54N4S2. The Morgan fingerprint density at radius 3 is 1.23 bits per heavy atom. The van der Waals surface area contributed by atoms with Gasteiger partial charge in [-0.1, -0.05) is 200 Å². The molecular weight excluding hydrogens is 1200 g/mol. The van der Waals surface area contributed by atoms with Crippen LogP contribution < -0.4 is 0 Å². The van der Waals surface area contributed by atoms with E-state index in [4.69, 9.17) is 0 Å². The molecule has 0 aliphatic heterocycles. The number of fused-ring (bicyclic) bond motifs is 18. The molecule has 0 aliphatic carbocycles. The van der Waals surface area contributed by atoms with Crippen molar-refractivity contribution in [2.75, 3.05) is 0 Å². The van der Waals surface area contributed by atoms with E-state index in [0.29, 0.717) is 0 Å². The predicted molar refractivity (Wildman–Crippen MR) is 411 cm³/mol. The molecule has 0 fully saturated rings. The third kappa shape index (κ3) is 7.94. The van der Waals surface area contributed by atoms with Crippen molar-refractivity contribution in [1.29, 1.82) is 0 Å². The highest BCUT2D eigenvalue weighted by Crippen LogP contribution is 2.46. The number of thiophene rings is 2. The maximum atomic E-state index is 2.48. The third-order valence-electron chi connectivity index (χ3n) is 20.3. The van der Waals surface area contributed by atoms with Crippen molar-refractivity contribution >= 4 is 150 Å². The molecule has 6 heteroatoms. The van der Waals surface area contributed by atoms with Gasteiger partial charge in [-0.3, -0.25) is 0 Å². The van der Waals surface area contributed by atoms with Gasteiger partial charge < -0.3 is 18.3 Å². The second-order valence-corrected chi connectivity index (χ2v) is 27.6. The topological polar surface area (TPSA) is 19.7 Å². The summed E-state index contributed by atoms with van der Waals surface area (Å²) in [4.78, 5) is 0. The molecule has 446 valence electrons. The molecule has 21 rings (SSSR count). The van der Waals surface area contributed by atoms with Gasteiger partial charge in [0, 0.05) is 95.8 Å². The number of nitrogens with zero attached hydrogens (tertiary/aromatic N) is 4. The van der Waals surface area contributed by atoms with E-state index in [1.807, 2.05) is 22.7 Å². The summed E-state index contributed by atoms with van der Waals surface area (Å²) in [5, 5.41) is 15.0. The van der Waals surface area contributed by atoms with Crippen molar-refractivity contribution in [3.63, 3.8) is 0 Å². The van der Waals surface area contributed by atoms with Crippen molar-refractivity contribution in [3.05, 3.63) is 328 Å². The zero-order chi connectivity index (χ0) is 62.7. The van der Waals surface area contributed by atoms with Gasteiger partial charge in [-0.25, -0.2) is 0 Å². The lowest BCUT2D eigenvalue weighted by atomic mass is 9.97. The van der Waals surface area contributed by atoms with Crippen LogP contribution in [-0.4, -0.2) is 18.3 Å². The standard InChI is InChI=1S/C90H54N4S2/c1-2-21-62(22-3-1)91-81-44-39-58(57-41-46-84-74(50-57)67-25-6-11-34-80(67)94(84)85-35-17-31-73-71-28-8-13-37-88(71)96-90(73)85)51-75(81)76-52-59(40-45-82(76)91)60-38-43-69-66-24-4-9-32-78(66)93(86(69)53-60)64-42-47-83-77(54-64)68-26-5-10-33-79(68)92(83)63-23-15-19-56(49-63)55-18-14-20-61(48-55)65-29-16-30-72-70-27-7-12-36-87(70)95-89(65)72/h1-54H. The van der Waals surface area contributed by atoms with Crippen LogP contribution in [0.2, 0.25) is 0 Å². The zero-order valence-electron chi connectivity index (χ0n) is 51.8. The van der Waals surface area contributed by atoms with Gasteiger partial charge in [0.2, 0.25) is 0 Å². The SMILES string of the molecule is c1ccc(-n2c3ccc(-c4ccc5c(c4)c4ccccc4n5-c4cccc5c4sc4ccccc45)cc3c3cc(-c4ccc5c6ccccc6n(-c6ccc7c(c6)c6ccccc6n7-c6cccc(-c7cccc(-c8cccc9c8sc8ccccc89)c7)c6)c5c4)ccc32)cc1. The Hall–Kier alpha value is -12.1. The summed E-state index contributed by atoms with van der Waals surface area (Å²) in [6.45, 7) is 0. The molecule has 0 saturated carbocycles. The Kier molecular flexibility index (Phi) is 11.5. The van der Waals surface area contributed by atoms with Crippen molar-refractivity contribution in [3.8, 4) is 67.3 Å². The van der Waals surface area contributed by atoms with Gasteiger partial charge in [0.1, 0.15) is 0 Å². The number of hydrogen-bond acceptors (Lipinski definition) is 2. The van der Waals surface area contributed by atoms with Crippen molar-refractivity contribution in [2.24, 2.45) is 0 Å². The average Bonchev–Trinajstić information content (AvgIpc) is 1.60. The van der Waals surface area contributed by atoms with E-state index < -0.39 is 0 Å². The molecule has 0 atom stereocenters. The van der Waals surface area contributed by atoms with Crippen LogP contribution in [0.1, 0.15) is 0 Å². The summed E-state index contributed by atoms with van der Waals surface area (Å²) in [6.07, 6.45) is 0. The average molecular weight is 1260 g/mol. The highest BCUT2D eigenvalue weighted by atomic mass is 32.1. The molecule has 15 aromatic carbocycles. The van der Waals surface area contributed by atoms with Gasteiger partial charge in [-0.05, 0) is 172 Å². The van der Waals surface area contributed by atoms with Gasteiger partial charge in [-0.15, -0.1) is 22.7 Å². The number of benzene rings is 15. The quantitative estimate of drug-likeness (QED) is 0.144. The van der Waals surface area contributed by atoms with Crippen molar-refractivity contribution in [1.82, 2.24) is 18.3 Å². The van der Waals surface area contributed by atoms with Crippen LogP contribution in [0, 0.1) is 0 Å². The molecule has 21 aromatic rings. The lowest BCUT2D eigenvalue weighted by Crippen LogP contribution is -1.96. The molecule has 0 aliphatic rings. The van der Waals surface area contributed by atoms with E-state index in [1.165, 1.54) is 178 Å². The number of para-hydroxylation sites is 4. The lowest BCUT2D eigenvalue weighted by Gasteiger charge is -2.13. The van der Waals surface area contributed by atoms with Crippen molar-refractivity contribution in [2.45, 2.75) is 0 Å². The summed E-state index contributed by atoms with van der Waals surface area (Å²) >= 11 is 3.76. The van der Waals surface area contributed by atoms with Gasteiger partial charge >= 0.3 is 0 Å². The first kappa shape index (κ1) is 53.4. The van der Waals surface area contributed by atoms with Gasteiger partial charge in [-0.2, -0.15) is 0 Å². The zero-order valence-corrected chi connectivity index (χ0v) is 53.4. The molecule has 4 nitrogen and oxygen atoms in total. The lowest BCUT2D eigenvalue weighted by molar-refractivity contribution is 1.17. The van der Waals surface area contributed by atoms with E-state index in [-0.39, 0.29) is 0 Å². The molecule has 0 saturated heterocycles. The fourth-order valence-corrected chi connectivity index (χ4v) is 18.5. The van der Waals surface area contributed by atoms with Crippen LogP contribution in [0.5, 0.6) is 0 Å². The van der Waals surface area contributed by atoms with Crippen LogP contribution in [0.15, 0.2) is 328 Å². The molecule has 6 heterocycles. The molecule has 6 aromatic heterocycles. The minimum absolute atomic E-state index is 1.12. The Morgan fingerprint density at radius 1 is 0.177 bits per heavy atom. The molecule has 0 spiro atoms. The van der Waals surface area contributed by atoms with Crippen LogP contribution >= 0.6 is 22.7 Å². The van der Waals surface area contributed by atoms with Crippen LogP contribution in [0.4, 0.5) is 0 Å². The molecule has 0 amide bonds. The number of hydrogen-bond donors (Lipinski definition) is 0. The first-order chi connectivity index (χ1) is 47.6. The maximum Gasteiger partial charge on any atom is 0.0640 e. The Balaban J connectivity index is 0.679. The van der Waals surface area contributed by atoms with E-state index in [1.54, 1.807) is 0 Å². The van der Waals surface area contributed by atoms with Crippen LogP contribution in [-0.2, 0) is 0 Å². The van der Waals surface area contributed by atoms with Gasteiger partial charge in [0.05, 0.1) is 54.5 Å². The van der Waals surface area contributed by atoms with Gasteiger partial charge in [0.25, 0.3) is 0 Å². The Bertz CT molecular complexity index is 6840. The minimum atomic E-state index is 1.12. The minimum Gasteiger partial charge on any atom is -0.309 e. The fraction of sp³-hybridized carbons (Fsp3) is 0. The van der Waals surface area contributed by atoms with E-state index in [9.17, 15) is 0 Å². The molecule has 0 radical (unpaired) electrons. The highest BCUT2D eigenvalue weighted by molar-refractivity contribution is 7.26. The predicted octanol–water partition coefficient (Wildman–Crippen LogP) is 25.5. The largest absolute Gasteiger partial charge is 0.309 e. The second kappa shape index (κ2) is 20.7. The fourth-order valence-electron chi connectivity index (χ4n) is 16.0. The van der Waals surface area contributed by atoms with Crippen molar-refractivity contribution < 1.29 is 0 Å². The smallest absolute Gasteiger partial charge is 0.0640 e. The molecule has 0 N–H and O–H groups in total. The molecule has 0 bridgehead atoms.